The van der Waals surface area contributed by atoms with E-state index in [1.165, 1.54) is 0 Å². The standard InChI is InChI=1S/C16H26N2O3/c1-12(2)10-16(3,20)11-18-15(19)8-9-21-14-6-4-13(17)5-7-14/h4-7,12,20H,8-11,17H2,1-3H3,(H,18,19). The van der Waals surface area contributed by atoms with Crippen LogP contribution in [-0.4, -0.2) is 29.8 Å². The molecule has 0 saturated heterocycles. The molecule has 0 spiro atoms. The maximum Gasteiger partial charge on any atom is 0.223 e. The molecule has 0 bridgehead atoms. The van der Waals surface area contributed by atoms with Crippen LogP contribution in [-0.2, 0) is 4.79 Å². The van der Waals surface area contributed by atoms with Gasteiger partial charge in [-0.1, -0.05) is 13.8 Å². The predicted octanol–water partition coefficient (Wildman–Crippen LogP) is 1.95. The van der Waals surface area contributed by atoms with E-state index in [4.69, 9.17) is 10.5 Å². The number of carbonyl (C=O) groups excluding carboxylic acids is 1. The van der Waals surface area contributed by atoms with Crippen LogP contribution in [0.1, 0.15) is 33.6 Å². The number of anilines is 1. The second-order valence-electron chi connectivity index (χ2n) is 6.04. The van der Waals surface area contributed by atoms with Gasteiger partial charge in [0.25, 0.3) is 0 Å². The van der Waals surface area contributed by atoms with Crippen LogP contribution >= 0.6 is 0 Å². The third kappa shape index (κ3) is 7.56. The molecule has 1 amide bonds. The first kappa shape index (κ1) is 17.3. The third-order valence-corrected chi connectivity index (χ3v) is 2.99. The van der Waals surface area contributed by atoms with Crippen molar-refractivity contribution in [2.45, 2.75) is 39.2 Å². The summed E-state index contributed by atoms with van der Waals surface area (Å²) in [5.41, 5.74) is 5.38. The van der Waals surface area contributed by atoms with Crippen molar-refractivity contribution in [3.05, 3.63) is 24.3 Å². The highest BCUT2D eigenvalue weighted by Crippen LogP contribution is 2.15. The first-order valence-corrected chi connectivity index (χ1v) is 7.26. The fourth-order valence-electron chi connectivity index (χ4n) is 2.15. The van der Waals surface area contributed by atoms with Crippen LogP contribution in [0.3, 0.4) is 0 Å². The molecule has 1 aromatic rings. The molecule has 4 N–H and O–H groups in total. The Hall–Kier alpha value is -1.75. The number of hydrogen-bond donors (Lipinski definition) is 3. The molecule has 0 aliphatic heterocycles. The zero-order valence-electron chi connectivity index (χ0n) is 13.1. The van der Waals surface area contributed by atoms with Gasteiger partial charge in [-0.2, -0.15) is 0 Å². The molecule has 118 valence electrons. The molecule has 0 radical (unpaired) electrons. The summed E-state index contributed by atoms with van der Waals surface area (Å²) < 4.78 is 5.45. The summed E-state index contributed by atoms with van der Waals surface area (Å²) in [5.74, 6) is 0.934. The zero-order valence-corrected chi connectivity index (χ0v) is 13.1. The lowest BCUT2D eigenvalue weighted by Gasteiger charge is -2.25. The Balaban J connectivity index is 2.23. The van der Waals surface area contributed by atoms with Crippen molar-refractivity contribution in [2.75, 3.05) is 18.9 Å². The summed E-state index contributed by atoms with van der Waals surface area (Å²) in [4.78, 5) is 11.7. The van der Waals surface area contributed by atoms with Gasteiger partial charge in [-0.3, -0.25) is 4.79 Å². The Labute approximate surface area is 126 Å². The fraction of sp³-hybridized carbons (Fsp3) is 0.562. The first-order valence-electron chi connectivity index (χ1n) is 7.26. The molecule has 5 nitrogen and oxygen atoms in total. The van der Waals surface area contributed by atoms with Gasteiger partial charge in [-0.15, -0.1) is 0 Å². The van der Waals surface area contributed by atoms with E-state index in [-0.39, 0.29) is 18.9 Å². The van der Waals surface area contributed by atoms with Gasteiger partial charge in [0.05, 0.1) is 18.6 Å². The van der Waals surface area contributed by atoms with Crippen molar-refractivity contribution in [2.24, 2.45) is 5.92 Å². The van der Waals surface area contributed by atoms with E-state index >= 15 is 0 Å². The molecule has 0 aliphatic rings. The highest BCUT2D eigenvalue weighted by molar-refractivity contribution is 5.76. The first-order chi connectivity index (χ1) is 9.78. The van der Waals surface area contributed by atoms with Gasteiger partial charge in [0.2, 0.25) is 5.91 Å². The van der Waals surface area contributed by atoms with Gasteiger partial charge in [0.1, 0.15) is 5.75 Å². The van der Waals surface area contributed by atoms with Gasteiger partial charge in [0.15, 0.2) is 0 Å². The lowest BCUT2D eigenvalue weighted by molar-refractivity contribution is -0.122. The molecular weight excluding hydrogens is 268 g/mol. The highest BCUT2D eigenvalue weighted by Gasteiger charge is 2.22. The van der Waals surface area contributed by atoms with Crippen LogP contribution < -0.4 is 15.8 Å². The molecular formula is C16H26N2O3. The Morgan fingerprint density at radius 1 is 1.38 bits per heavy atom. The molecule has 1 rings (SSSR count). The number of nitrogen functional groups attached to an aromatic ring is 1. The summed E-state index contributed by atoms with van der Waals surface area (Å²) >= 11 is 0. The van der Waals surface area contributed by atoms with Crippen molar-refractivity contribution < 1.29 is 14.6 Å². The minimum absolute atomic E-state index is 0.130. The fourth-order valence-corrected chi connectivity index (χ4v) is 2.15. The maximum absolute atomic E-state index is 11.7. The number of nitrogens with one attached hydrogen (secondary N) is 1. The Morgan fingerprint density at radius 2 is 2.00 bits per heavy atom. The zero-order chi connectivity index (χ0) is 15.9. The Bertz CT molecular complexity index is 441. The molecule has 5 heteroatoms. The number of carbonyl (C=O) groups is 1. The van der Waals surface area contributed by atoms with Crippen molar-refractivity contribution in [3.8, 4) is 5.75 Å². The van der Waals surface area contributed by atoms with Crippen molar-refractivity contribution >= 4 is 11.6 Å². The topological polar surface area (TPSA) is 84.6 Å². The van der Waals surface area contributed by atoms with E-state index in [1.54, 1.807) is 31.2 Å². The highest BCUT2D eigenvalue weighted by atomic mass is 16.5. The Kier molecular flexibility index (Phi) is 6.49. The molecule has 0 heterocycles. The maximum atomic E-state index is 11.7. The van der Waals surface area contributed by atoms with Crippen molar-refractivity contribution in [3.63, 3.8) is 0 Å². The minimum atomic E-state index is -0.873. The van der Waals surface area contributed by atoms with E-state index in [9.17, 15) is 9.90 Å². The summed E-state index contributed by atoms with van der Waals surface area (Å²) in [7, 11) is 0. The van der Waals surface area contributed by atoms with E-state index in [0.717, 1.165) is 0 Å². The molecule has 0 fully saturated rings. The van der Waals surface area contributed by atoms with Gasteiger partial charge >= 0.3 is 0 Å². The number of amides is 1. The van der Waals surface area contributed by atoms with Crippen molar-refractivity contribution in [1.82, 2.24) is 5.32 Å². The molecule has 0 aromatic heterocycles. The average molecular weight is 294 g/mol. The second-order valence-corrected chi connectivity index (χ2v) is 6.04. The van der Waals surface area contributed by atoms with E-state index in [1.807, 2.05) is 13.8 Å². The minimum Gasteiger partial charge on any atom is -0.493 e. The lowest BCUT2D eigenvalue weighted by Crippen LogP contribution is -2.41. The summed E-state index contributed by atoms with van der Waals surface area (Å²) in [6.07, 6.45) is 0.900. The smallest absolute Gasteiger partial charge is 0.223 e. The normalized spacial score (nSPS) is 13.8. The van der Waals surface area contributed by atoms with E-state index in [2.05, 4.69) is 5.32 Å². The molecule has 21 heavy (non-hydrogen) atoms. The Morgan fingerprint density at radius 3 is 2.57 bits per heavy atom. The molecule has 1 atom stereocenters. The average Bonchev–Trinajstić information content (AvgIpc) is 2.37. The van der Waals surface area contributed by atoms with Crippen LogP contribution in [0.2, 0.25) is 0 Å². The summed E-state index contributed by atoms with van der Waals surface area (Å²) in [5, 5.41) is 12.8. The number of ether oxygens (including phenoxy) is 1. The van der Waals surface area contributed by atoms with Crippen LogP contribution in [0, 0.1) is 5.92 Å². The predicted molar refractivity (Wildman–Crippen MR) is 84.1 cm³/mol. The van der Waals surface area contributed by atoms with E-state index < -0.39 is 5.60 Å². The van der Waals surface area contributed by atoms with Crippen LogP contribution in [0.5, 0.6) is 5.75 Å². The third-order valence-electron chi connectivity index (χ3n) is 2.99. The quantitative estimate of drug-likeness (QED) is 0.640. The summed E-state index contributed by atoms with van der Waals surface area (Å²) in [6, 6.07) is 7.03. The monoisotopic (exact) mass is 294 g/mol. The second kappa shape index (κ2) is 7.88. The van der Waals surface area contributed by atoms with Gasteiger partial charge in [-0.05, 0) is 43.5 Å². The van der Waals surface area contributed by atoms with Gasteiger partial charge < -0.3 is 20.9 Å². The van der Waals surface area contributed by atoms with E-state index in [0.29, 0.717) is 30.4 Å². The number of nitrogens with two attached hydrogens (primary N) is 1. The number of aliphatic hydroxyl groups is 1. The van der Waals surface area contributed by atoms with Crippen LogP contribution in [0.4, 0.5) is 5.69 Å². The number of benzene rings is 1. The van der Waals surface area contributed by atoms with Crippen molar-refractivity contribution in [1.29, 1.82) is 0 Å². The van der Waals surface area contributed by atoms with Gasteiger partial charge in [-0.25, -0.2) is 0 Å². The molecule has 1 aromatic carbocycles. The number of hydrogen-bond acceptors (Lipinski definition) is 4. The van der Waals surface area contributed by atoms with Crippen LogP contribution in [0.25, 0.3) is 0 Å². The molecule has 0 aliphatic carbocycles. The summed E-state index contributed by atoms with van der Waals surface area (Å²) in [6.45, 7) is 6.36. The molecule has 0 saturated carbocycles. The van der Waals surface area contributed by atoms with Crippen LogP contribution in [0.15, 0.2) is 24.3 Å². The molecule has 1 unspecified atom stereocenters. The SMILES string of the molecule is CC(C)CC(C)(O)CNC(=O)CCOc1ccc(N)cc1. The lowest BCUT2D eigenvalue weighted by atomic mass is 9.94. The van der Waals surface area contributed by atoms with Gasteiger partial charge in [0, 0.05) is 12.2 Å². The number of rotatable bonds is 8. The largest absolute Gasteiger partial charge is 0.493 e.